The standard InChI is InChI=1S/C18H20N2O3S/c1-12-10-19(2)14-7-5-4-6-13(14)11-20(12)17(21)15-8-9-16(24-15)18(22)23-3/h4-9,12H,10-11H2,1-3H3. The number of para-hydroxylation sites is 1. The fourth-order valence-corrected chi connectivity index (χ4v) is 3.91. The number of carbonyl (C=O) groups is 2. The van der Waals surface area contributed by atoms with Gasteiger partial charge in [-0.25, -0.2) is 4.79 Å². The van der Waals surface area contributed by atoms with Gasteiger partial charge < -0.3 is 14.5 Å². The number of thiophene rings is 1. The summed E-state index contributed by atoms with van der Waals surface area (Å²) in [6.45, 7) is 3.37. The molecule has 0 N–H and O–H groups in total. The zero-order chi connectivity index (χ0) is 17.3. The molecule has 0 saturated carbocycles. The van der Waals surface area contributed by atoms with E-state index in [4.69, 9.17) is 4.74 Å². The molecule has 24 heavy (non-hydrogen) atoms. The molecular formula is C18H20N2O3S. The Labute approximate surface area is 145 Å². The highest BCUT2D eigenvalue weighted by atomic mass is 32.1. The molecule has 0 bridgehead atoms. The smallest absolute Gasteiger partial charge is 0.348 e. The topological polar surface area (TPSA) is 49.9 Å². The second-order valence-electron chi connectivity index (χ2n) is 5.95. The van der Waals surface area contributed by atoms with Crippen LogP contribution in [0.15, 0.2) is 36.4 Å². The molecule has 1 atom stereocenters. The Morgan fingerprint density at radius 2 is 1.88 bits per heavy atom. The Morgan fingerprint density at radius 1 is 1.17 bits per heavy atom. The number of amides is 1. The minimum Gasteiger partial charge on any atom is -0.465 e. The monoisotopic (exact) mass is 344 g/mol. The molecule has 1 unspecified atom stereocenters. The first-order valence-electron chi connectivity index (χ1n) is 7.79. The summed E-state index contributed by atoms with van der Waals surface area (Å²) in [7, 11) is 3.39. The molecule has 1 amide bonds. The Kier molecular flexibility index (Phi) is 4.57. The highest BCUT2D eigenvalue weighted by molar-refractivity contribution is 7.15. The molecule has 0 fully saturated rings. The average Bonchev–Trinajstić information content (AvgIpc) is 3.04. The van der Waals surface area contributed by atoms with Gasteiger partial charge in [0.1, 0.15) is 4.88 Å². The first-order valence-corrected chi connectivity index (χ1v) is 8.61. The summed E-state index contributed by atoms with van der Waals surface area (Å²) >= 11 is 1.18. The van der Waals surface area contributed by atoms with Crippen LogP contribution >= 0.6 is 11.3 Å². The number of benzene rings is 1. The summed E-state index contributed by atoms with van der Waals surface area (Å²) in [5.41, 5.74) is 2.28. The van der Waals surface area contributed by atoms with E-state index in [0.717, 1.165) is 17.8 Å². The predicted molar refractivity (Wildman–Crippen MR) is 94.7 cm³/mol. The van der Waals surface area contributed by atoms with Crippen LogP contribution in [-0.2, 0) is 11.3 Å². The maximum Gasteiger partial charge on any atom is 0.348 e. The van der Waals surface area contributed by atoms with E-state index in [2.05, 4.69) is 24.0 Å². The van der Waals surface area contributed by atoms with Crippen LogP contribution in [0.4, 0.5) is 5.69 Å². The number of hydrogen-bond acceptors (Lipinski definition) is 5. The number of methoxy groups -OCH3 is 1. The number of rotatable bonds is 2. The van der Waals surface area contributed by atoms with E-state index in [1.807, 2.05) is 24.1 Å². The molecule has 2 aromatic rings. The molecule has 1 aromatic heterocycles. The van der Waals surface area contributed by atoms with Crippen molar-refractivity contribution in [3.05, 3.63) is 51.7 Å². The van der Waals surface area contributed by atoms with Crippen LogP contribution in [-0.4, -0.2) is 43.5 Å². The molecule has 0 aliphatic carbocycles. The summed E-state index contributed by atoms with van der Waals surface area (Å²) in [5, 5.41) is 0. The summed E-state index contributed by atoms with van der Waals surface area (Å²) in [6, 6.07) is 11.6. The van der Waals surface area contributed by atoms with Gasteiger partial charge in [0, 0.05) is 31.9 Å². The van der Waals surface area contributed by atoms with Gasteiger partial charge in [-0.3, -0.25) is 4.79 Å². The van der Waals surface area contributed by atoms with Crippen molar-refractivity contribution in [3.8, 4) is 0 Å². The highest BCUT2D eigenvalue weighted by Crippen LogP contribution is 2.28. The molecule has 126 valence electrons. The number of esters is 1. The van der Waals surface area contributed by atoms with Crippen LogP contribution in [0.3, 0.4) is 0 Å². The van der Waals surface area contributed by atoms with E-state index < -0.39 is 5.97 Å². The molecule has 2 heterocycles. The van der Waals surface area contributed by atoms with Crippen LogP contribution in [0, 0.1) is 0 Å². The second kappa shape index (κ2) is 6.65. The molecule has 6 heteroatoms. The number of hydrogen-bond donors (Lipinski definition) is 0. The van der Waals surface area contributed by atoms with Crippen molar-refractivity contribution in [2.24, 2.45) is 0 Å². The largest absolute Gasteiger partial charge is 0.465 e. The SMILES string of the molecule is COC(=O)c1ccc(C(=O)N2Cc3ccccc3N(C)CC2C)s1. The summed E-state index contributed by atoms with van der Waals surface area (Å²) in [5.74, 6) is -0.458. The Hall–Kier alpha value is -2.34. The molecule has 0 radical (unpaired) electrons. The molecule has 5 nitrogen and oxygen atoms in total. The minimum absolute atomic E-state index is 0.0484. The number of nitrogens with zero attached hydrogens (tertiary/aromatic N) is 2. The lowest BCUT2D eigenvalue weighted by Crippen LogP contribution is -2.41. The zero-order valence-electron chi connectivity index (χ0n) is 14.0. The van der Waals surface area contributed by atoms with Crippen molar-refractivity contribution in [2.45, 2.75) is 19.5 Å². The van der Waals surface area contributed by atoms with Crippen LogP contribution in [0.1, 0.15) is 31.8 Å². The second-order valence-corrected chi connectivity index (χ2v) is 7.03. The van der Waals surface area contributed by atoms with E-state index in [-0.39, 0.29) is 11.9 Å². The Morgan fingerprint density at radius 3 is 2.62 bits per heavy atom. The highest BCUT2D eigenvalue weighted by Gasteiger charge is 2.28. The lowest BCUT2D eigenvalue weighted by molar-refractivity contribution is 0.0606. The van der Waals surface area contributed by atoms with E-state index in [0.29, 0.717) is 16.3 Å². The Balaban J connectivity index is 1.89. The van der Waals surface area contributed by atoms with Crippen molar-refractivity contribution < 1.29 is 14.3 Å². The van der Waals surface area contributed by atoms with Gasteiger partial charge in [-0.15, -0.1) is 11.3 Å². The van der Waals surface area contributed by atoms with Gasteiger partial charge in [0.2, 0.25) is 0 Å². The first-order chi connectivity index (χ1) is 11.5. The van der Waals surface area contributed by atoms with Gasteiger partial charge in [0.25, 0.3) is 5.91 Å². The predicted octanol–water partition coefficient (Wildman–Crippen LogP) is 3.02. The number of carbonyl (C=O) groups excluding carboxylic acids is 2. The number of fused-ring (bicyclic) bond motifs is 1. The van der Waals surface area contributed by atoms with Crippen LogP contribution in [0.2, 0.25) is 0 Å². The lowest BCUT2D eigenvalue weighted by atomic mass is 10.1. The third kappa shape index (κ3) is 3.01. The summed E-state index contributed by atoms with van der Waals surface area (Å²) in [4.78, 5) is 29.6. The average molecular weight is 344 g/mol. The molecule has 0 saturated heterocycles. The van der Waals surface area contributed by atoms with Gasteiger partial charge in [-0.1, -0.05) is 18.2 Å². The third-order valence-corrected chi connectivity index (χ3v) is 5.33. The van der Waals surface area contributed by atoms with Crippen molar-refractivity contribution >= 4 is 28.9 Å². The van der Waals surface area contributed by atoms with E-state index in [1.165, 1.54) is 18.4 Å². The van der Waals surface area contributed by atoms with Crippen molar-refractivity contribution in [1.82, 2.24) is 4.90 Å². The van der Waals surface area contributed by atoms with E-state index in [1.54, 1.807) is 12.1 Å². The number of anilines is 1. The van der Waals surface area contributed by atoms with Gasteiger partial charge in [-0.05, 0) is 30.7 Å². The van der Waals surface area contributed by atoms with Crippen LogP contribution in [0.5, 0.6) is 0 Å². The first kappa shape index (κ1) is 16.5. The maximum absolute atomic E-state index is 13.0. The lowest BCUT2D eigenvalue weighted by Gasteiger charge is -2.28. The maximum atomic E-state index is 13.0. The molecule has 0 spiro atoms. The zero-order valence-corrected chi connectivity index (χ0v) is 14.8. The fraction of sp³-hybridized carbons (Fsp3) is 0.333. The van der Waals surface area contributed by atoms with E-state index in [9.17, 15) is 9.59 Å². The van der Waals surface area contributed by atoms with Gasteiger partial charge in [0.05, 0.1) is 12.0 Å². The van der Waals surface area contributed by atoms with E-state index >= 15 is 0 Å². The van der Waals surface area contributed by atoms with Crippen molar-refractivity contribution in [1.29, 1.82) is 0 Å². The molecule has 1 aromatic carbocycles. The number of ether oxygens (including phenoxy) is 1. The van der Waals surface area contributed by atoms with Crippen LogP contribution < -0.4 is 4.90 Å². The van der Waals surface area contributed by atoms with Crippen molar-refractivity contribution in [3.63, 3.8) is 0 Å². The minimum atomic E-state index is -0.409. The quantitative estimate of drug-likeness (QED) is 0.786. The Bertz CT molecular complexity index is 771. The van der Waals surface area contributed by atoms with Gasteiger partial charge in [0.15, 0.2) is 0 Å². The number of likely N-dealkylation sites (N-methyl/N-ethyl adjacent to an activating group) is 1. The van der Waals surface area contributed by atoms with Gasteiger partial charge in [-0.2, -0.15) is 0 Å². The molecule has 1 aliphatic heterocycles. The summed E-state index contributed by atoms with van der Waals surface area (Å²) in [6.07, 6.45) is 0. The molecular weight excluding hydrogens is 324 g/mol. The van der Waals surface area contributed by atoms with Crippen molar-refractivity contribution in [2.75, 3.05) is 25.6 Å². The van der Waals surface area contributed by atoms with Gasteiger partial charge >= 0.3 is 5.97 Å². The molecule has 3 rings (SSSR count). The fourth-order valence-electron chi connectivity index (χ4n) is 3.03. The van der Waals surface area contributed by atoms with Crippen LogP contribution in [0.25, 0.3) is 0 Å². The summed E-state index contributed by atoms with van der Waals surface area (Å²) < 4.78 is 4.72. The molecule has 1 aliphatic rings. The normalized spacial score (nSPS) is 17.2. The third-order valence-electron chi connectivity index (χ3n) is 4.28.